The van der Waals surface area contributed by atoms with Crippen molar-refractivity contribution in [3.8, 4) is 0 Å². The van der Waals surface area contributed by atoms with E-state index in [0.717, 1.165) is 12.8 Å². The van der Waals surface area contributed by atoms with E-state index in [-0.39, 0.29) is 11.5 Å². The maximum atomic E-state index is 11.7. The van der Waals surface area contributed by atoms with E-state index >= 15 is 0 Å². The van der Waals surface area contributed by atoms with Crippen LogP contribution < -0.4 is 0 Å². The minimum Gasteiger partial charge on any atom is -0.478 e. The van der Waals surface area contributed by atoms with Crippen molar-refractivity contribution in [1.29, 1.82) is 0 Å². The second kappa shape index (κ2) is 4.37. The van der Waals surface area contributed by atoms with Crippen molar-refractivity contribution in [2.75, 3.05) is 0 Å². The van der Waals surface area contributed by atoms with Crippen molar-refractivity contribution in [3.63, 3.8) is 0 Å². The fraction of sp³-hybridized carbons (Fsp3) is 0.467. The lowest BCUT2D eigenvalue weighted by Gasteiger charge is -2.44. The van der Waals surface area contributed by atoms with Gasteiger partial charge in [-0.2, -0.15) is 0 Å². The van der Waals surface area contributed by atoms with Crippen LogP contribution in [0.15, 0.2) is 37.0 Å². The number of allylic oxidation sites excluding steroid dienone is 1. The molecule has 0 amide bonds. The molecule has 1 N–H and O–H groups in total. The van der Waals surface area contributed by atoms with Gasteiger partial charge in [-0.15, -0.1) is 6.58 Å². The molecule has 2 rings (SSSR count). The molecule has 19 heavy (non-hydrogen) atoms. The van der Waals surface area contributed by atoms with Crippen LogP contribution in [-0.4, -0.2) is 23.1 Å². The van der Waals surface area contributed by atoms with Gasteiger partial charge in [0.2, 0.25) is 0 Å². The molecule has 2 aliphatic rings. The topological polar surface area (TPSA) is 63.6 Å². The standard InChI is InChI=1S/C15H18O4/c1-5-15(4)7-6-10-8(2)14(18)19-12(10)11(15)9(3)13(16)17/h5,10-12H,1-3,6-7H2,4H3,(H,16,17)/t10-,11+,12-,15+/m0/s1. The summed E-state index contributed by atoms with van der Waals surface area (Å²) in [6, 6.07) is 0. The quantitative estimate of drug-likeness (QED) is 0.481. The van der Waals surface area contributed by atoms with Crippen molar-refractivity contribution in [1.82, 2.24) is 0 Å². The van der Waals surface area contributed by atoms with Crippen LogP contribution in [0.25, 0.3) is 0 Å². The Bertz CT molecular complexity index is 490. The average molecular weight is 262 g/mol. The van der Waals surface area contributed by atoms with Gasteiger partial charge < -0.3 is 9.84 Å². The average Bonchev–Trinajstić information content (AvgIpc) is 2.64. The number of carboxylic acid groups (broad SMARTS) is 1. The Balaban J connectivity index is 2.44. The first-order chi connectivity index (χ1) is 8.81. The molecule has 2 fully saturated rings. The molecular formula is C15H18O4. The maximum Gasteiger partial charge on any atom is 0.334 e. The molecular weight excluding hydrogens is 244 g/mol. The molecule has 102 valence electrons. The maximum absolute atomic E-state index is 11.7. The summed E-state index contributed by atoms with van der Waals surface area (Å²) in [5.41, 5.74) is 0.0838. The smallest absolute Gasteiger partial charge is 0.334 e. The summed E-state index contributed by atoms with van der Waals surface area (Å²) in [5, 5.41) is 9.22. The van der Waals surface area contributed by atoms with Crippen molar-refractivity contribution in [2.45, 2.75) is 25.9 Å². The van der Waals surface area contributed by atoms with Crippen LogP contribution in [0.2, 0.25) is 0 Å². The highest BCUT2D eigenvalue weighted by molar-refractivity contribution is 5.92. The Morgan fingerprint density at radius 2 is 2.21 bits per heavy atom. The number of carbonyl (C=O) groups is 2. The molecule has 4 nitrogen and oxygen atoms in total. The Morgan fingerprint density at radius 3 is 2.74 bits per heavy atom. The fourth-order valence-electron chi connectivity index (χ4n) is 3.23. The number of fused-ring (bicyclic) bond motifs is 1. The minimum atomic E-state index is -1.06. The lowest BCUT2D eigenvalue weighted by atomic mass is 9.60. The van der Waals surface area contributed by atoms with Crippen molar-refractivity contribution < 1.29 is 19.4 Å². The summed E-state index contributed by atoms with van der Waals surface area (Å²) in [6.07, 6.45) is 2.75. The van der Waals surface area contributed by atoms with Gasteiger partial charge in [-0.3, -0.25) is 0 Å². The molecule has 1 saturated carbocycles. The third-order valence-corrected chi connectivity index (χ3v) is 4.50. The van der Waals surface area contributed by atoms with E-state index in [1.54, 1.807) is 6.08 Å². The molecule has 0 spiro atoms. The van der Waals surface area contributed by atoms with Gasteiger partial charge in [-0.1, -0.05) is 26.2 Å². The molecule has 0 unspecified atom stereocenters. The third kappa shape index (κ3) is 1.91. The van der Waals surface area contributed by atoms with E-state index in [0.29, 0.717) is 5.57 Å². The number of carboxylic acids is 1. The molecule has 1 saturated heterocycles. The highest BCUT2D eigenvalue weighted by Crippen LogP contribution is 2.52. The molecule has 0 aromatic carbocycles. The minimum absolute atomic E-state index is 0.0691. The predicted octanol–water partition coefficient (Wildman–Crippen LogP) is 2.33. The first-order valence-corrected chi connectivity index (χ1v) is 6.27. The van der Waals surface area contributed by atoms with Crippen LogP contribution in [0.3, 0.4) is 0 Å². The van der Waals surface area contributed by atoms with Crippen LogP contribution >= 0.6 is 0 Å². The van der Waals surface area contributed by atoms with Crippen LogP contribution in [0.1, 0.15) is 19.8 Å². The summed E-state index contributed by atoms with van der Waals surface area (Å²) >= 11 is 0. The van der Waals surface area contributed by atoms with E-state index < -0.39 is 29.4 Å². The highest BCUT2D eigenvalue weighted by Gasteiger charge is 2.54. The second-order valence-electron chi connectivity index (χ2n) is 5.56. The monoisotopic (exact) mass is 262 g/mol. The molecule has 0 radical (unpaired) electrons. The van der Waals surface area contributed by atoms with Gasteiger partial charge >= 0.3 is 11.9 Å². The van der Waals surface area contributed by atoms with Gasteiger partial charge in [-0.05, 0) is 18.3 Å². The Hall–Kier alpha value is -1.84. The number of carbonyl (C=O) groups excluding carboxylic acids is 1. The number of hydrogen-bond donors (Lipinski definition) is 1. The van der Waals surface area contributed by atoms with Gasteiger partial charge in [0.15, 0.2) is 0 Å². The Kier molecular flexibility index (Phi) is 3.12. The largest absolute Gasteiger partial charge is 0.478 e. The van der Waals surface area contributed by atoms with Crippen molar-refractivity contribution >= 4 is 11.9 Å². The van der Waals surface area contributed by atoms with Gasteiger partial charge in [0, 0.05) is 23.0 Å². The molecule has 4 heteroatoms. The van der Waals surface area contributed by atoms with Gasteiger partial charge in [-0.25, -0.2) is 9.59 Å². The lowest BCUT2D eigenvalue weighted by Crippen LogP contribution is -2.45. The zero-order chi connectivity index (χ0) is 14.4. The number of aliphatic carboxylic acids is 1. The van der Waals surface area contributed by atoms with E-state index in [1.807, 2.05) is 6.92 Å². The second-order valence-corrected chi connectivity index (χ2v) is 5.56. The predicted molar refractivity (Wildman–Crippen MR) is 70.3 cm³/mol. The van der Waals surface area contributed by atoms with E-state index in [4.69, 9.17) is 4.74 Å². The summed E-state index contributed by atoms with van der Waals surface area (Å²) < 4.78 is 5.35. The number of rotatable bonds is 3. The number of hydrogen-bond acceptors (Lipinski definition) is 3. The summed E-state index contributed by atoms with van der Waals surface area (Å²) in [4.78, 5) is 22.9. The zero-order valence-electron chi connectivity index (χ0n) is 11.0. The summed E-state index contributed by atoms with van der Waals surface area (Å²) in [7, 11) is 0. The van der Waals surface area contributed by atoms with Crippen LogP contribution in [0, 0.1) is 17.3 Å². The summed E-state index contributed by atoms with van der Waals surface area (Å²) in [6.45, 7) is 13.2. The molecule has 0 aromatic rings. The molecule has 0 aromatic heterocycles. The molecule has 4 atom stereocenters. The van der Waals surface area contributed by atoms with E-state index in [9.17, 15) is 14.7 Å². The van der Waals surface area contributed by atoms with Crippen LogP contribution in [0.4, 0.5) is 0 Å². The Labute approximate surface area is 112 Å². The Morgan fingerprint density at radius 1 is 1.58 bits per heavy atom. The van der Waals surface area contributed by atoms with Gasteiger partial charge in [0.25, 0.3) is 0 Å². The van der Waals surface area contributed by atoms with E-state index in [1.165, 1.54) is 0 Å². The SMILES string of the molecule is C=C[C@]1(C)CC[C@H]2C(=C)C(=O)O[C@@H]2[C@H]1C(=C)C(=O)O. The third-order valence-electron chi connectivity index (χ3n) is 4.50. The normalized spacial score (nSPS) is 37.4. The number of ether oxygens (including phenoxy) is 1. The molecule has 1 heterocycles. The lowest BCUT2D eigenvalue weighted by molar-refractivity contribution is -0.146. The van der Waals surface area contributed by atoms with Gasteiger partial charge in [0.1, 0.15) is 6.10 Å². The zero-order valence-corrected chi connectivity index (χ0v) is 11.0. The van der Waals surface area contributed by atoms with E-state index in [2.05, 4.69) is 19.7 Å². The number of esters is 1. The molecule has 1 aliphatic heterocycles. The van der Waals surface area contributed by atoms with Crippen LogP contribution in [0.5, 0.6) is 0 Å². The van der Waals surface area contributed by atoms with Crippen molar-refractivity contribution in [2.24, 2.45) is 17.3 Å². The highest BCUT2D eigenvalue weighted by atomic mass is 16.6. The van der Waals surface area contributed by atoms with Crippen LogP contribution in [-0.2, 0) is 14.3 Å². The first kappa shape index (κ1) is 13.6. The molecule has 1 aliphatic carbocycles. The molecule has 0 bridgehead atoms. The summed E-state index contributed by atoms with van der Waals surface area (Å²) in [5.74, 6) is -2.05. The first-order valence-electron chi connectivity index (χ1n) is 6.27. The fourth-order valence-corrected chi connectivity index (χ4v) is 3.23. The van der Waals surface area contributed by atoms with Crippen molar-refractivity contribution in [3.05, 3.63) is 37.0 Å². The van der Waals surface area contributed by atoms with Gasteiger partial charge in [0.05, 0.1) is 0 Å².